The molecule has 0 bridgehead atoms. The highest BCUT2D eigenvalue weighted by atomic mass is 13.8. The molecule has 0 spiro atoms. The number of hydrogen-bond donors (Lipinski definition) is 0. The summed E-state index contributed by atoms with van der Waals surface area (Å²) in [7, 11) is 0. The van der Waals surface area contributed by atoms with Crippen LogP contribution in [0.5, 0.6) is 0 Å². The molecule has 0 N–H and O–H groups in total. The first-order chi connectivity index (χ1) is 14.6. The van der Waals surface area contributed by atoms with Gasteiger partial charge in [0.2, 0.25) is 0 Å². The largest absolute Gasteiger partial charge is 0.0654 e. The molecule has 0 aliphatic rings. The van der Waals surface area contributed by atoms with E-state index in [-0.39, 0.29) is 0 Å². The zero-order valence-electron chi connectivity index (χ0n) is 24.1. The topological polar surface area (TPSA) is 0 Å². The standard InChI is InChI=1S/5C6H14/c5*1-3-5-6-4-2/h5*3-6H2,1-2H3. The minimum Gasteiger partial charge on any atom is -0.0654 e. The van der Waals surface area contributed by atoms with Crippen LogP contribution in [0.2, 0.25) is 0 Å². The molecule has 30 heavy (non-hydrogen) atoms. The van der Waals surface area contributed by atoms with Crippen molar-refractivity contribution in [2.75, 3.05) is 0 Å². The SMILES string of the molecule is CCCCCC.CCCCCC.CCCCCC.CCCCCC.CCCCCC. The van der Waals surface area contributed by atoms with E-state index >= 15 is 0 Å². The van der Waals surface area contributed by atoms with Gasteiger partial charge < -0.3 is 0 Å². The summed E-state index contributed by atoms with van der Waals surface area (Å²) >= 11 is 0. The Morgan fingerprint density at radius 2 is 0.233 bits per heavy atom. The van der Waals surface area contributed by atoms with Gasteiger partial charge >= 0.3 is 0 Å². The molecule has 0 heteroatoms. The predicted molar refractivity (Wildman–Crippen MR) is 149 cm³/mol. The highest BCUT2D eigenvalue weighted by Crippen LogP contribution is 1.97. The summed E-state index contributed by atoms with van der Waals surface area (Å²) < 4.78 is 0. The van der Waals surface area contributed by atoms with Crippen LogP contribution in [0.3, 0.4) is 0 Å². The normalized spacial score (nSPS) is 9.00. The summed E-state index contributed by atoms with van der Waals surface area (Å²) in [4.78, 5) is 0. The first-order valence-corrected chi connectivity index (χ1v) is 14.6. The lowest BCUT2D eigenvalue weighted by Gasteiger charge is -1.86. The van der Waals surface area contributed by atoms with Crippen molar-refractivity contribution in [3.8, 4) is 0 Å². The molecule has 0 heterocycles. The fourth-order valence-electron chi connectivity index (χ4n) is 2.50. The summed E-state index contributed by atoms with van der Waals surface area (Å²) in [6.07, 6.45) is 27.7. The van der Waals surface area contributed by atoms with Crippen molar-refractivity contribution in [3.63, 3.8) is 0 Å². The van der Waals surface area contributed by atoms with Crippen LogP contribution in [0.25, 0.3) is 0 Å². The van der Waals surface area contributed by atoms with E-state index in [9.17, 15) is 0 Å². The zero-order chi connectivity index (χ0) is 24.1. The Morgan fingerprint density at radius 3 is 0.267 bits per heavy atom. The maximum absolute atomic E-state index is 2.23. The summed E-state index contributed by atoms with van der Waals surface area (Å²) in [6, 6.07) is 0. The number of unbranched alkanes of at least 4 members (excludes halogenated alkanes) is 15. The van der Waals surface area contributed by atoms with Crippen molar-refractivity contribution < 1.29 is 0 Å². The second kappa shape index (κ2) is 56.8. The van der Waals surface area contributed by atoms with Crippen molar-refractivity contribution in [2.45, 2.75) is 198 Å². The second-order valence-electron chi connectivity index (χ2n) is 8.54. The van der Waals surface area contributed by atoms with E-state index in [4.69, 9.17) is 0 Å². The molecule has 0 aliphatic carbocycles. The molecular weight excluding hydrogens is 360 g/mol. The molecule has 0 fully saturated rings. The molecule has 0 saturated carbocycles. The quantitative estimate of drug-likeness (QED) is 0.226. The summed E-state index contributed by atoms with van der Waals surface area (Å²) in [5.74, 6) is 0. The van der Waals surface area contributed by atoms with Gasteiger partial charge in [-0.2, -0.15) is 0 Å². The van der Waals surface area contributed by atoms with Gasteiger partial charge in [0.15, 0.2) is 0 Å². The van der Waals surface area contributed by atoms with Gasteiger partial charge in [-0.3, -0.25) is 0 Å². The van der Waals surface area contributed by atoms with Gasteiger partial charge in [0.1, 0.15) is 0 Å². The van der Waals surface area contributed by atoms with Crippen LogP contribution in [0.4, 0.5) is 0 Å². The predicted octanol–water partition coefficient (Wildman–Crippen LogP) is 12.9. The molecule has 0 unspecified atom stereocenters. The molecule has 0 radical (unpaired) electrons. The molecule has 0 atom stereocenters. The molecule has 0 aliphatic heterocycles. The van der Waals surface area contributed by atoms with Gasteiger partial charge in [0, 0.05) is 0 Å². The number of hydrogen-bond acceptors (Lipinski definition) is 0. The van der Waals surface area contributed by atoms with E-state index in [2.05, 4.69) is 69.2 Å². The Balaban J connectivity index is -0.0000000868. The summed E-state index contributed by atoms with van der Waals surface area (Å²) in [6.45, 7) is 22.3. The minimum atomic E-state index is 1.36. The lowest BCUT2D eigenvalue weighted by molar-refractivity contribution is 0.702. The van der Waals surface area contributed by atoms with E-state index in [0.717, 1.165) is 0 Å². The van der Waals surface area contributed by atoms with Crippen LogP contribution in [0.15, 0.2) is 0 Å². The Kier molecular flexibility index (Phi) is 76.5. The zero-order valence-corrected chi connectivity index (χ0v) is 24.1. The summed E-state index contributed by atoms with van der Waals surface area (Å²) in [5.41, 5.74) is 0. The Hall–Kier alpha value is 0. The first-order valence-electron chi connectivity index (χ1n) is 14.6. The van der Waals surface area contributed by atoms with Gasteiger partial charge in [-0.15, -0.1) is 0 Å². The van der Waals surface area contributed by atoms with Gasteiger partial charge in [-0.25, -0.2) is 0 Å². The van der Waals surface area contributed by atoms with E-state index in [1.807, 2.05) is 0 Å². The van der Waals surface area contributed by atoms with Crippen molar-refractivity contribution >= 4 is 0 Å². The van der Waals surface area contributed by atoms with Crippen LogP contribution in [0, 0.1) is 0 Å². The molecule has 0 amide bonds. The Morgan fingerprint density at radius 1 is 0.167 bits per heavy atom. The third kappa shape index (κ3) is 90.7. The molecule has 190 valence electrons. The molecule has 0 nitrogen and oxygen atoms in total. The first kappa shape index (κ1) is 40.4. The van der Waals surface area contributed by atoms with Crippen molar-refractivity contribution in [3.05, 3.63) is 0 Å². The molecular formula is C30H70. The maximum atomic E-state index is 2.23. The summed E-state index contributed by atoms with van der Waals surface area (Å²) in [5, 5.41) is 0. The van der Waals surface area contributed by atoms with Crippen LogP contribution in [-0.2, 0) is 0 Å². The van der Waals surface area contributed by atoms with Gasteiger partial charge in [-0.1, -0.05) is 198 Å². The van der Waals surface area contributed by atoms with Crippen molar-refractivity contribution in [1.29, 1.82) is 0 Å². The van der Waals surface area contributed by atoms with E-state index in [0.29, 0.717) is 0 Å². The van der Waals surface area contributed by atoms with E-state index < -0.39 is 0 Å². The second-order valence-corrected chi connectivity index (χ2v) is 8.54. The maximum Gasteiger partial charge on any atom is -0.0536 e. The van der Waals surface area contributed by atoms with Crippen LogP contribution in [-0.4, -0.2) is 0 Å². The molecule has 0 aromatic carbocycles. The lowest BCUT2D eigenvalue weighted by atomic mass is 10.2. The average molecular weight is 431 g/mol. The minimum absolute atomic E-state index is 1.36. The molecule has 0 saturated heterocycles. The fraction of sp³-hybridized carbons (Fsp3) is 1.00. The molecule has 0 rings (SSSR count). The van der Waals surface area contributed by atoms with Crippen molar-refractivity contribution in [1.82, 2.24) is 0 Å². The Bertz CT molecular complexity index is 106. The highest BCUT2D eigenvalue weighted by molar-refractivity contribution is 4.33. The van der Waals surface area contributed by atoms with E-state index in [1.165, 1.54) is 128 Å². The highest BCUT2D eigenvalue weighted by Gasteiger charge is 1.77. The van der Waals surface area contributed by atoms with Crippen LogP contribution >= 0.6 is 0 Å². The van der Waals surface area contributed by atoms with Gasteiger partial charge in [0.25, 0.3) is 0 Å². The smallest absolute Gasteiger partial charge is 0.0536 e. The Labute approximate surface area is 197 Å². The van der Waals surface area contributed by atoms with Gasteiger partial charge in [0.05, 0.1) is 0 Å². The third-order valence-corrected chi connectivity index (χ3v) is 4.79. The van der Waals surface area contributed by atoms with Gasteiger partial charge in [-0.05, 0) is 0 Å². The van der Waals surface area contributed by atoms with Crippen molar-refractivity contribution in [2.24, 2.45) is 0 Å². The number of rotatable bonds is 15. The van der Waals surface area contributed by atoms with Crippen LogP contribution < -0.4 is 0 Å². The molecule has 0 aromatic rings. The molecule has 0 aromatic heterocycles. The third-order valence-electron chi connectivity index (χ3n) is 4.79. The average Bonchev–Trinajstić information content (AvgIpc) is 2.78. The monoisotopic (exact) mass is 431 g/mol. The fourth-order valence-corrected chi connectivity index (χ4v) is 2.50. The van der Waals surface area contributed by atoms with E-state index in [1.54, 1.807) is 0 Å². The lowest BCUT2D eigenvalue weighted by Crippen LogP contribution is -1.66. The van der Waals surface area contributed by atoms with Crippen LogP contribution in [0.1, 0.15) is 198 Å².